The maximum Gasteiger partial charge on any atom is 0.125 e. The Morgan fingerprint density at radius 3 is 3.00 bits per heavy atom. The van der Waals surface area contributed by atoms with Crippen LogP contribution >= 0.6 is 33.9 Å². The molecule has 0 saturated heterocycles. The van der Waals surface area contributed by atoms with Crippen LogP contribution in [-0.2, 0) is 6.42 Å². The Morgan fingerprint density at radius 1 is 1.50 bits per heavy atom. The van der Waals surface area contributed by atoms with E-state index in [1.54, 1.807) is 17.4 Å². The van der Waals surface area contributed by atoms with Gasteiger partial charge >= 0.3 is 0 Å². The van der Waals surface area contributed by atoms with Crippen molar-refractivity contribution in [3.05, 3.63) is 26.6 Å². The fourth-order valence-corrected chi connectivity index (χ4v) is 3.39. The Hall–Kier alpha value is -0.800. The molecule has 0 aliphatic carbocycles. The van der Waals surface area contributed by atoms with Gasteiger partial charge in [-0.2, -0.15) is 5.26 Å². The van der Waals surface area contributed by atoms with E-state index < -0.39 is 0 Å². The molecule has 1 aromatic heterocycles. The summed E-state index contributed by atoms with van der Waals surface area (Å²) < 4.78 is 2.10. The minimum atomic E-state index is 0.276. The number of hydrogen-bond donors (Lipinski definition) is 1. The maximum absolute atomic E-state index is 9.74. The van der Waals surface area contributed by atoms with Gasteiger partial charge < -0.3 is 5.11 Å². The molecule has 0 aliphatic rings. The van der Waals surface area contributed by atoms with Crippen molar-refractivity contribution >= 4 is 44.0 Å². The molecule has 0 radical (unpaired) electrons. The lowest BCUT2D eigenvalue weighted by molar-refractivity contribution is 0.481. The van der Waals surface area contributed by atoms with Gasteiger partial charge in [-0.3, -0.25) is 0 Å². The highest BCUT2D eigenvalue weighted by Gasteiger charge is 2.08. The Kier molecular flexibility index (Phi) is 2.61. The van der Waals surface area contributed by atoms with Crippen LogP contribution in [0, 0.1) is 14.9 Å². The second-order valence-electron chi connectivity index (χ2n) is 2.91. The molecule has 0 spiro atoms. The van der Waals surface area contributed by atoms with E-state index in [1.165, 1.54) is 0 Å². The van der Waals surface area contributed by atoms with Crippen LogP contribution in [0.25, 0.3) is 10.1 Å². The standard InChI is InChI=1S/C10H6INOS/c11-7-5-14-9-4-6(1-2-12)3-8(13)10(7)9/h3-5,13H,1H2. The molecule has 0 fully saturated rings. The molecule has 1 N–H and O–H groups in total. The minimum absolute atomic E-state index is 0.276. The van der Waals surface area contributed by atoms with Gasteiger partial charge in [-0.15, -0.1) is 11.3 Å². The number of hydrogen-bond acceptors (Lipinski definition) is 3. The van der Waals surface area contributed by atoms with Crippen molar-refractivity contribution in [2.24, 2.45) is 0 Å². The summed E-state index contributed by atoms with van der Waals surface area (Å²) in [4.78, 5) is 0. The molecule has 1 heterocycles. The molecule has 0 saturated carbocycles. The highest BCUT2D eigenvalue weighted by Crippen LogP contribution is 2.35. The summed E-state index contributed by atoms with van der Waals surface area (Å²) >= 11 is 3.79. The van der Waals surface area contributed by atoms with Gasteiger partial charge in [0.25, 0.3) is 0 Å². The van der Waals surface area contributed by atoms with E-state index in [-0.39, 0.29) is 5.75 Å². The van der Waals surface area contributed by atoms with Crippen LogP contribution in [0.2, 0.25) is 0 Å². The predicted molar refractivity (Wildman–Crippen MR) is 65.5 cm³/mol. The van der Waals surface area contributed by atoms with Crippen molar-refractivity contribution in [2.75, 3.05) is 0 Å². The van der Waals surface area contributed by atoms with Crippen molar-refractivity contribution < 1.29 is 5.11 Å². The van der Waals surface area contributed by atoms with Crippen LogP contribution in [0.4, 0.5) is 0 Å². The Bertz CT molecular complexity index is 527. The molecule has 2 nitrogen and oxygen atoms in total. The maximum atomic E-state index is 9.74. The molecule has 0 amide bonds. The summed E-state index contributed by atoms with van der Waals surface area (Å²) in [6.45, 7) is 0. The lowest BCUT2D eigenvalue weighted by Gasteiger charge is -1.99. The number of benzene rings is 1. The molecule has 4 heteroatoms. The van der Waals surface area contributed by atoms with E-state index in [2.05, 4.69) is 28.7 Å². The first kappa shape index (κ1) is 9.74. The van der Waals surface area contributed by atoms with Gasteiger partial charge in [0, 0.05) is 19.0 Å². The van der Waals surface area contributed by atoms with Crippen LogP contribution in [0.1, 0.15) is 5.56 Å². The molecule has 14 heavy (non-hydrogen) atoms. The summed E-state index contributed by atoms with van der Waals surface area (Å²) in [7, 11) is 0. The molecular formula is C10H6INOS. The molecular weight excluding hydrogens is 309 g/mol. The quantitative estimate of drug-likeness (QED) is 0.821. The van der Waals surface area contributed by atoms with E-state index in [0.717, 1.165) is 19.2 Å². The van der Waals surface area contributed by atoms with Crippen molar-refractivity contribution in [1.29, 1.82) is 5.26 Å². The lowest BCUT2D eigenvalue weighted by Crippen LogP contribution is -1.81. The third kappa shape index (κ3) is 1.57. The van der Waals surface area contributed by atoms with Crippen molar-refractivity contribution in [1.82, 2.24) is 0 Å². The normalized spacial score (nSPS) is 10.3. The summed E-state index contributed by atoms with van der Waals surface area (Å²) in [6, 6.07) is 5.70. The van der Waals surface area contributed by atoms with Crippen molar-refractivity contribution in [3.63, 3.8) is 0 Å². The van der Waals surface area contributed by atoms with Crippen LogP contribution in [0.15, 0.2) is 17.5 Å². The first-order valence-electron chi connectivity index (χ1n) is 3.98. The predicted octanol–water partition coefficient (Wildman–Crippen LogP) is 3.28. The average Bonchev–Trinajstić information content (AvgIpc) is 2.48. The number of phenols is 1. The van der Waals surface area contributed by atoms with E-state index in [4.69, 9.17) is 5.26 Å². The van der Waals surface area contributed by atoms with Crippen LogP contribution in [0.3, 0.4) is 0 Å². The minimum Gasteiger partial charge on any atom is -0.507 e. The third-order valence-corrected chi connectivity index (χ3v) is 4.16. The van der Waals surface area contributed by atoms with E-state index in [1.807, 2.05) is 11.4 Å². The molecule has 0 atom stereocenters. The smallest absolute Gasteiger partial charge is 0.125 e. The molecule has 2 aromatic rings. The number of thiophene rings is 1. The fourth-order valence-electron chi connectivity index (χ4n) is 1.36. The Morgan fingerprint density at radius 2 is 2.29 bits per heavy atom. The zero-order valence-corrected chi connectivity index (χ0v) is 10.1. The summed E-state index contributed by atoms with van der Waals surface area (Å²) in [6.07, 6.45) is 0.345. The molecule has 1 aromatic carbocycles. The van der Waals surface area contributed by atoms with Crippen LogP contribution < -0.4 is 0 Å². The second-order valence-corrected chi connectivity index (χ2v) is 4.98. The Balaban J connectivity index is 2.69. The van der Waals surface area contributed by atoms with E-state index in [9.17, 15) is 5.11 Å². The zero-order valence-electron chi connectivity index (χ0n) is 7.12. The molecule has 0 unspecified atom stereocenters. The van der Waals surface area contributed by atoms with Gasteiger partial charge in [0.15, 0.2) is 0 Å². The van der Waals surface area contributed by atoms with Crippen LogP contribution in [0.5, 0.6) is 5.75 Å². The average molecular weight is 315 g/mol. The highest BCUT2D eigenvalue weighted by atomic mass is 127. The third-order valence-electron chi connectivity index (χ3n) is 1.95. The first-order chi connectivity index (χ1) is 6.72. The fraction of sp³-hybridized carbons (Fsp3) is 0.100. The lowest BCUT2D eigenvalue weighted by atomic mass is 10.1. The number of nitrogens with zero attached hydrogens (tertiary/aromatic N) is 1. The van der Waals surface area contributed by atoms with E-state index in [0.29, 0.717) is 6.42 Å². The zero-order chi connectivity index (χ0) is 10.1. The van der Waals surface area contributed by atoms with Crippen molar-refractivity contribution in [2.45, 2.75) is 6.42 Å². The SMILES string of the molecule is N#CCc1cc(O)c2c(I)csc2c1. The number of fused-ring (bicyclic) bond motifs is 1. The van der Waals surface area contributed by atoms with Gasteiger partial charge in [0.1, 0.15) is 5.75 Å². The monoisotopic (exact) mass is 315 g/mol. The second kappa shape index (κ2) is 3.75. The van der Waals surface area contributed by atoms with Gasteiger partial charge in [-0.05, 0) is 40.3 Å². The number of nitriles is 1. The Labute approximate surface area is 98.9 Å². The topological polar surface area (TPSA) is 44.0 Å². The van der Waals surface area contributed by atoms with Gasteiger partial charge in [0.2, 0.25) is 0 Å². The number of aromatic hydroxyl groups is 1. The highest BCUT2D eigenvalue weighted by molar-refractivity contribution is 14.1. The summed E-state index contributed by atoms with van der Waals surface area (Å²) in [5.41, 5.74) is 0.871. The van der Waals surface area contributed by atoms with Gasteiger partial charge in [0.05, 0.1) is 12.5 Å². The van der Waals surface area contributed by atoms with Gasteiger partial charge in [-0.1, -0.05) is 0 Å². The molecule has 0 aliphatic heterocycles. The number of rotatable bonds is 1. The van der Waals surface area contributed by atoms with E-state index >= 15 is 0 Å². The first-order valence-corrected chi connectivity index (χ1v) is 5.93. The largest absolute Gasteiger partial charge is 0.507 e. The molecule has 2 rings (SSSR count). The number of halogens is 1. The molecule has 0 bridgehead atoms. The van der Waals surface area contributed by atoms with Crippen molar-refractivity contribution in [3.8, 4) is 11.8 Å². The molecule has 70 valence electrons. The summed E-state index contributed by atoms with van der Waals surface area (Å²) in [5, 5.41) is 21.2. The van der Waals surface area contributed by atoms with Gasteiger partial charge in [-0.25, -0.2) is 0 Å². The summed E-state index contributed by atoms with van der Waals surface area (Å²) in [5.74, 6) is 0.276. The number of phenolic OH excluding ortho intramolecular Hbond substituents is 1. The van der Waals surface area contributed by atoms with Crippen LogP contribution in [-0.4, -0.2) is 5.11 Å².